The minimum Gasteiger partial charge on any atom is -0.507 e. The third kappa shape index (κ3) is 4.13. The van der Waals surface area contributed by atoms with Crippen LogP contribution in [-0.2, 0) is 14.3 Å². The average Bonchev–Trinajstić information content (AvgIpc) is 2.98. The van der Waals surface area contributed by atoms with Crippen molar-refractivity contribution >= 4 is 29.1 Å². The second-order valence-electron chi connectivity index (χ2n) is 6.47. The highest BCUT2D eigenvalue weighted by atomic mass is 35.5. The molecule has 0 aromatic heterocycles. The first-order valence-electron chi connectivity index (χ1n) is 9.24. The van der Waals surface area contributed by atoms with Crippen molar-refractivity contribution in [3.63, 3.8) is 0 Å². The van der Waals surface area contributed by atoms with Gasteiger partial charge in [-0.2, -0.15) is 0 Å². The van der Waals surface area contributed by atoms with E-state index in [1.807, 2.05) is 37.3 Å². The Bertz CT molecular complexity index is 941. The molecule has 0 spiro atoms. The van der Waals surface area contributed by atoms with Crippen molar-refractivity contribution < 1.29 is 24.2 Å². The first-order valence-corrected chi connectivity index (χ1v) is 9.62. The predicted octanol–water partition coefficient (Wildman–Crippen LogP) is 3.81. The van der Waals surface area contributed by atoms with E-state index >= 15 is 0 Å². The molecule has 7 heteroatoms. The van der Waals surface area contributed by atoms with Crippen molar-refractivity contribution in [3.05, 3.63) is 70.3 Å². The van der Waals surface area contributed by atoms with Gasteiger partial charge in [0.2, 0.25) is 0 Å². The maximum Gasteiger partial charge on any atom is 0.295 e. The lowest BCUT2D eigenvalue weighted by molar-refractivity contribution is -0.140. The lowest BCUT2D eigenvalue weighted by atomic mass is 9.95. The summed E-state index contributed by atoms with van der Waals surface area (Å²) in [5.74, 6) is -1.21. The molecule has 1 atom stereocenters. The maximum absolute atomic E-state index is 12.8. The predicted molar refractivity (Wildman–Crippen MR) is 110 cm³/mol. The summed E-state index contributed by atoms with van der Waals surface area (Å²) in [5, 5.41) is 11.3. The van der Waals surface area contributed by atoms with Gasteiger partial charge in [0.15, 0.2) is 0 Å². The first kappa shape index (κ1) is 20.9. The molecule has 1 fully saturated rings. The molecule has 1 amide bonds. The Hall–Kier alpha value is -2.83. The fourth-order valence-corrected chi connectivity index (χ4v) is 3.59. The monoisotopic (exact) mass is 415 g/mol. The number of halogens is 1. The van der Waals surface area contributed by atoms with Crippen molar-refractivity contribution in [2.45, 2.75) is 13.0 Å². The third-order valence-electron chi connectivity index (χ3n) is 4.70. The van der Waals surface area contributed by atoms with E-state index in [4.69, 9.17) is 21.1 Å². The Morgan fingerprint density at radius 3 is 2.52 bits per heavy atom. The molecule has 6 nitrogen and oxygen atoms in total. The minimum atomic E-state index is -0.738. The molecule has 1 saturated heterocycles. The Kier molecular flexibility index (Phi) is 6.56. The molecule has 2 aromatic carbocycles. The fourth-order valence-electron chi connectivity index (χ4n) is 3.36. The summed E-state index contributed by atoms with van der Waals surface area (Å²) in [5.41, 5.74) is 1.09. The topological polar surface area (TPSA) is 76.1 Å². The van der Waals surface area contributed by atoms with E-state index < -0.39 is 17.7 Å². The Balaban J connectivity index is 2.12. The molecule has 0 saturated carbocycles. The van der Waals surface area contributed by atoms with E-state index in [0.717, 1.165) is 5.56 Å². The molecule has 1 heterocycles. The molecule has 152 valence electrons. The molecule has 1 unspecified atom stereocenters. The quantitative estimate of drug-likeness (QED) is 0.423. The molecule has 3 rings (SSSR count). The van der Waals surface area contributed by atoms with Gasteiger partial charge >= 0.3 is 0 Å². The van der Waals surface area contributed by atoms with E-state index in [9.17, 15) is 14.7 Å². The first-order chi connectivity index (χ1) is 14.0. The van der Waals surface area contributed by atoms with E-state index in [0.29, 0.717) is 22.9 Å². The highest BCUT2D eigenvalue weighted by Crippen LogP contribution is 2.40. The molecule has 1 aliphatic rings. The van der Waals surface area contributed by atoms with Crippen molar-refractivity contribution in [3.8, 4) is 5.75 Å². The number of hydrogen-bond donors (Lipinski definition) is 1. The lowest BCUT2D eigenvalue weighted by Crippen LogP contribution is -2.32. The van der Waals surface area contributed by atoms with Crippen LogP contribution < -0.4 is 4.74 Å². The van der Waals surface area contributed by atoms with Gasteiger partial charge in [0.1, 0.15) is 11.5 Å². The van der Waals surface area contributed by atoms with Crippen LogP contribution >= 0.6 is 11.6 Å². The second-order valence-corrected chi connectivity index (χ2v) is 6.88. The van der Waals surface area contributed by atoms with E-state index in [1.165, 1.54) is 18.1 Å². The van der Waals surface area contributed by atoms with Gasteiger partial charge in [-0.3, -0.25) is 9.59 Å². The zero-order chi connectivity index (χ0) is 21.0. The van der Waals surface area contributed by atoms with E-state index in [1.54, 1.807) is 12.1 Å². The number of carbonyl (C=O) groups excluding carboxylic acids is 2. The number of aliphatic hydroxyl groups excluding tert-OH is 1. The molecule has 1 aliphatic heterocycles. The van der Waals surface area contributed by atoms with E-state index in [-0.39, 0.29) is 24.5 Å². The molecule has 0 radical (unpaired) electrons. The SMILES string of the molecule is CCOc1ccc(/C(O)=C2\C(=O)C(=O)N(CCOC)C2c2ccccc2)cc1Cl. The van der Waals surface area contributed by atoms with Gasteiger partial charge in [-0.1, -0.05) is 41.9 Å². The summed E-state index contributed by atoms with van der Waals surface area (Å²) >= 11 is 6.24. The van der Waals surface area contributed by atoms with Gasteiger partial charge < -0.3 is 19.5 Å². The number of Topliss-reactive ketones (excluding diaryl/α,β-unsaturated/α-hetero) is 1. The van der Waals surface area contributed by atoms with Crippen LogP contribution in [0, 0.1) is 0 Å². The van der Waals surface area contributed by atoms with Crippen molar-refractivity contribution in [1.29, 1.82) is 0 Å². The van der Waals surface area contributed by atoms with Crippen molar-refractivity contribution in [2.75, 3.05) is 26.9 Å². The summed E-state index contributed by atoms with van der Waals surface area (Å²) in [6.45, 7) is 2.78. The number of nitrogens with zero attached hydrogens (tertiary/aromatic N) is 1. The fraction of sp³-hybridized carbons (Fsp3) is 0.273. The molecule has 1 N–H and O–H groups in total. The maximum atomic E-state index is 12.8. The number of hydrogen-bond acceptors (Lipinski definition) is 5. The number of rotatable bonds is 7. The van der Waals surface area contributed by atoms with Crippen LogP contribution in [0.1, 0.15) is 24.1 Å². The van der Waals surface area contributed by atoms with Crippen molar-refractivity contribution in [1.82, 2.24) is 4.90 Å². The van der Waals surface area contributed by atoms with Gasteiger partial charge in [0.05, 0.1) is 29.9 Å². The number of benzene rings is 2. The second kappa shape index (κ2) is 9.11. The molecule has 29 heavy (non-hydrogen) atoms. The van der Waals surface area contributed by atoms with Gasteiger partial charge in [-0.15, -0.1) is 0 Å². The summed E-state index contributed by atoms with van der Waals surface area (Å²) in [4.78, 5) is 26.9. The molecule has 2 aromatic rings. The van der Waals surface area contributed by atoms with Gasteiger partial charge in [0.25, 0.3) is 11.7 Å². The van der Waals surface area contributed by atoms with Crippen molar-refractivity contribution in [2.24, 2.45) is 0 Å². The highest BCUT2D eigenvalue weighted by molar-refractivity contribution is 6.46. The number of aliphatic hydroxyl groups is 1. The molecular formula is C22H22ClNO5. The average molecular weight is 416 g/mol. The Morgan fingerprint density at radius 2 is 1.90 bits per heavy atom. The normalized spacial score (nSPS) is 18.3. The number of methoxy groups -OCH3 is 1. The van der Waals surface area contributed by atoms with Crippen LogP contribution in [-0.4, -0.2) is 48.6 Å². The summed E-state index contributed by atoms with van der Waals surface area (Å²) in [7, 11) is 1.52. The minimum absolute atomic E-state index is 0.0255. The van der Waals surface area contributed by atoms with E-state index in [2.05, 4.69) is 0 Å². The number of carbonyl (C=O) groups is 2. The van der Waals surface area contributed by atoms with Crippen LogP contribution in [0.25, 0.3) is 5.76 Å². The van der Waals surface area contributed by atoms with Crippen LogP contribution in [0.2, 0.25) is 5.02 Å². The zero-order valence-electron chi connectivity index (χ0n) is 16.2. The summed E-state index contributed by atoms with van der Waals surface area (Å²) < 4.78 is 10.5. The third-order valence-corrected chi connectivity index (χ3v) is 4.99. The molecular weight excluding hydrogens is 394 g/mol. The highest BCUT2D eigenvalue weighted by Gasteiger charge is 2.45. The van der Waals surface area contributed by atoms with Crippen LogP contribution in [0.5, 0.6) is 5.75 Å². The largest absolute Gasteiger partial charge is 0.507 e. The molecule has 0 bridgehead atoms. The summed E-state index contributed by atoms with van der Waals surface area (Å²) in [6.07, 6.45) is 0. The Morgan fingerprint density at radius 1 is 1.17 bits per heavy atom. The van der Waals surface area contributed by atoms with Crippen LogP contribution in [0.4, 0.5) is 0 Å². The van der Waals surface area contributed by atoms with Gasteiger partial charge in [-0.25, -0.2) is 0 Å². The van der Waals surface area contributed by atoms with Crippen LogP contribution in [0.3, 0.4) is 0 Å². The number of likely N-dealkylation sites (tertiary alicyclic amines) is 1. The van der Waals surface area contributed by atoms with Gasteiger partial charge in [-0.05, 0) is 30.7 Å². The Labute approximate surface area is 174 Å². The van der Waals surface area contributed by atoms with Crippen LogP contribution in [0.15, 0.2) is 54.1 Å². The number of ether oxygens (including phenoxy) is 2. The summed E-state index contributed by atoms with van der Waals surface area (Å²) in [6, 6.07) is 13.2. The van der Waals surface area contributed by atoms with Gasteiger partial charge in [0, 0.05) is 19.2 Å². The standard InChI is InChI=1S/C22H22ClNO5/c1-3-29-17-10-9-15(13-16(17)23)20(25)18-19(14-7-5-4-6-8-14)24(11-12-28-2)22(27)21(18)26/h4-10,13,19,25H,3,11-12H2,1-2H3/b20-18+. The lowest BCUT2D eigenvalue weighted by Gasteiger charge is -2.25. The number of ketones is 1. The number of amides is 1. The zero-order valence-corrected chi connectivity index (χ0v) is 17.0. The molecule has 0 aliphatic carbocycles. The smallest absolute Gasteiger partial charge is 0.295 e.